The molecule has 0 unspecified atom stereocenters. The number of hydrogen-bond donors (Lipinski definition) is 1. The van der Waals surface area contributed by atoms with Crippen molar-refractivity contribution in [3.63, 3.8) is 0 Å². The van der Waals surface area contributed by atoms with E-state index in [1.165, 1.54) is 4.90 Å². The van der Waals surface area contributed by atoms with Gasteiger partial charge in [-0.05, 0) is 42.7 Å². The van der Waals surface area contributed by atoms with Gasteiger partial charge >= 0.3 is 0 Å². The number of ketones is 1. The molecule has 0 radical (unpaired) electrons. The molecule has 0 aromatic heterocycles. The van der Waals surface area contributed by atoms with E-state index >= 15 is 0 Å². The SMILES string of the molecule is C=CCOc1ccc(C(O)=C2C(=O)C(=O)N(C[C@@H]3CCCO3)[C@H]2c2ccccc2)cc1. The molecule has 2 aromatic carbocycles. The molecule has 2 aromatic rings. The highest BCUT2D eigenvalue weighted by molar-refractivity contribution is 6.46. The summed E-state index contributed by atoms with van der Waals surface area (Å²) in [4.78, 5) is 27.5. The third-order valence-corrected chi connectivity index (χ3v) is 5.58. The van der Waals surface area contributed by atoms with Crippen LogP contribution in [0.4, 0.5) is 0 Å². The van der Waals surface area contributed by atoms with Crippen molar-refractivity contribution >= 4 is 17.4 Å². The van der Waals surface area contributed by atoms with Gasteiger partial charge in [0.05, 0.1) is 17.7 Å². The predicted octanol–water partition coefficient (Wildman–Crippen LogP) is 3.85. The Hall–Kier alpha value is -3.38. The monoisotopic (exact) mass is 419 g/mol. The van der Waals surface area contributed by atoms with Gasteiger partial charge in [0.2, 0.25) is 0 Å². The maximum absolute atomic E-state index is 13.0. The van der Waals surface area contributed by atoms with Gasteiger partial charge in [-0.2, -0.15) is 0 Å². The summed E-state index contributed by atoms with van der Waals surface area (Å²) in [5, 5.41) is 11.1. The molecule has 0 aliphatic carbocycles. The summed E-state index contributed by atoms with van der Waals surface area (Å²) < 4.78 is 11.2. The second-order valence-electron chi connectivity index (χ2n) is 7.62. The lowest BCUT2D eigenvalue weighted by molar-refractivity contribution is -0.140. The van der Waals surface area contributed by atoms with Crippen LogP contribution in [0.3, 0.4) is 0 Å². The molecule has 0 saturated carbocycles. The first-order chi connectivity index (χ1) is 15.1. The van der Waals surface area contributed by atoms with E-state index in [0.29, 0.717) is 31.1 Å². The molecule has 31 heavy (non-hydrogen) atoms. The van der Waals surface area contributed by atoms with Crippen molar-refractivity contribution in [2.75, 3.05) is 19.8 Å². The molecule has 0 spiro atoms. The lowest BCUT2D eigenvalue weighted by Crippen LogP contribution is -2.36. The van der Waals surface area contributed by atoms with Crippen LogP contribution < -0.4 is 4.74 Å². The number of aliphatic hydroxyl groups is 1. The molecule has 2 aliphatic heterocycles. The largest absolute Gasteiger partial charge is 0.507 e. The predicted molar refractivity (Wildman–Crippen MR) is 117 cm³/mol. The van der Waals surface area contributed by atoms with Gasteiger partial charge in [-0.3, -0.25) is 9.59 Å². The van der Waals surface area contributed by atoms with Crippen LogP contribution in [0.15, 0.2) is 72.8 Å². The quantitative estimate of drug-likeness (QED) is 0.319. The fraction of sp³-hybridized carbons (Fsp3) is 0.280. The Labute approximate surface area is 181 Å². The Bertz CT molecular complexity index is 990. The van der Waals surface area contributed by atoms with Crippen LogP contribution in [0.5, 0.6) is 5.75 Å². The number of rotatable bonds is 7. The van der Waals surface area contributed by atoms with E-state index in [1.807, 2.05) is 30.3 Å². The molecule has 1 amide bonds. The smallest absolute Gasteiger partial charge is 0.295 e. The van der Waals surface area contributed by atoms with Gasteiger partial charge in [0, 0.05) is 18.7 Å². The number of carbonyl (C=O) groups excluding carboxylic acids is 2. The minimum absolute atomic E-state index is 0.0916. The minimum Gasteiger partial charge on any atom is -0.507 e. The zero-order valence-corrected chi connectivity index (χ0v) is 17.2. The summed E-state index contributed by atoms with van der Waals surface area (Å²) >= 11 is 0. The van der Waals surface area contributed by atoms with Crippen molar-refractivity contribution in [2.45, 2.75) is 25.0 Å². The van der Waals surface area contributed by atoms with E-state index in [9.17, 15) is 14.7 Å². The molecule has 2 heterocycles. The summed E-state index contributed by atoms with van der Waals surface area (Å²) in [5.41, 5.74) is 1.31. The fourth-order valence-corrected chi connectivity index (χ4v) is 4.08. The standard InChI is InChI=1S/C25H25NO5/c1-2-14-30-19-12-10-18(11-13-19)23(27)21-22(17-7-4-3-5-8-17)26(25(29)24(21)28)16-20-9-6-15-31-20/h2-5,7-8,10-13,20,22,27H,1,6,9,14-16H2/t20-,22-/m0/s1. The zero-order valence-electron chi connectivity index (χ0n) is 17.2. The number of ether oxygens (including phenoxy) is 2. The Morgan fingerprint density at radius 2 is 1.90 bits per heavy atom. The number of Topliss-reactive ketones (excluding diaryl/α,β-unsaturated/α-hetero) is 1. The highest BCUT2D eigenvalue weighted by atomic mass is 16.5. The number of carbonyl (C=O) groups is 2. The maximum Gasteiger partial charge on any atom is 0.295 e. The van der Waals surface area contributed by atoms with Gasteiger partial charge in [0.15, 0.2) is 0 Å². The highest BCUT2D eigenvalue weighted by Crippen LogP contribution is 2.40. The Kier molecular flexibility index (Phi) is 6.18. The average Bonchev–Trinajstić information content (AvgIpc) is 3.40. The van der Waals surface area contributed by atoms with E-state index in [4.69, 9.17) is 9.47 Å². The van der Waals surface area contributed by atoms with Crippen LogP contribution in [-0.2, 0) is 14.3 Å². The topological polar surface area (TPSA) is 76.1 Å². The van der Waals surface area contributed by atoms with E-state index < -0.39 is 17.7 Å². The summed E-state index contributed by atoms with van der Waals surface area (Å²) in [6, 6.07) is 15.4. The molecule has 2 saturated heterocycles. The van der Waals surface area contributed by atoms with Gasteiger partial charge in [-0.15, -0.1) is 0 Å². The number of amides is 1. The molecule has 160 valence electrons. The first-order valence-electron chi connectivity index (χ1n) is 10.4. The first-order valence-corrected chi connectivity index (χ1v) is 10.4. The third-order valence-electron chi connectivity index (χ3n) is 5.58. The van der Waals surface area contributed by atoms with Gasteiger partial charge in [0.25, 0.3) is 11.7 Å². The molecule has 2 atom stereocenters. The molecule has 4 rings (SSSR count). The van der Waals surface area contributed by atoms with Crippen molar-refractivity contribution in [2.24, 2.45) is 0 Å². The number of benzene rings is 2. The average molecular weight is 419 g/mol. The van der Waals surface area contributed by atoms with Crippen LogP contribution in [-0.4, -0.2) is 47.6 Å². The maximum atomic E-state index is 13.0. The lowest BCUT2D eigenvalue weighted by Gasteiger charge is -2.27. The van der Waals surface area contributed by atoms with Gasteiger partial charge in [-0.25, -0.2) is 0 Å². The van der Waals surface area contributed by atoms with Crippen molar-refractivity contribution < 1.29 is 24.2 Å². The molecule has 2 fully saturated rings. The van der Waals surface area contributed by atoms with Crippen molar-refractivity contribution in [3.8, 4) is 5.75 Å². The van der Waals surface area contributed by atoms with E-state index in [0.717, 1.165) is 18.4 Å². The summed E-state index contributed by atoms with van der Waals surface area (Å²) in [5.74, 6) is -0.875. The Morgan fingerprint density at radius 1 is 1.16 bits per heavy atom. The normalized spacial score (nSPS) is 22.6. The molecule has 0 bridgehead atoms. The zero-order chi connectivity index (χ0) is 21.8. The first kappa shape index (κ1) is 20.9. The van der Waals surface area contributed by atoms with Crippen molar-refractivity contribution in [3.05, 3.63) is 84.0 Å². The highest BCUT2D eigenvalue weighted by Gasteiger charge is 2.46. The summed E-state index contributed by atoms with van der Waals surface area (Å²) in [6.07, 6.45) is 3.32. The fourth-order valence-electron chi connectivity index (χ4n) is 4.08. The number of hydrogen-bond acceptors (Lipinski definition) is 5. The number of likely N-dealkylation sites (tertiary alicyclic amines) is 1. The second-order valence-corrected chi connectivity index (χ2v) is 7.62. The number of aliphatic hydroxyl groups excluding tert-OH is 1. The molecule has 1 N–H and O–H groups in total. The lowest BCUT2D eigenvalue weighted by atomic mass is 9.95. The summed E-state index contributed by atoms with van der Waals surface area (Å²) in [7, 11) is 0. The molecule has 2 aliphatic rings. The van der Waals surface area contributed by atoms with E-state index in [2.05, 4.69) is 6.58 Å². The minimum atomic E-state index is -0.684. The summed E-state index contributed by atoms with van der Waals surface area (Å²) in [6.45, 7) is 4.96. The third kappa shape index (κ3) is 4.25. The van der Waals surface area contributed by atoms with Crippen LogP contribution in [0.25, 0.3) is 5.76 Å². The number of nitrogens with zero attached hydrogens (tertiary/aromatic N) is 1. The second kappa shape index (κ2) is 9.18. The van der Waals surface area contributed by atoms with E-state index in [-0.39, 0.29) is 17.4 Å². The molecular formula is C25H25NO5. The van der Waals surface area contributed by atoms with Gasteiger partial charge in [0.1, 0.15) is 18.1 Å². The van der Waals surface area contributed by atoms with Crippen molar-refractivity contribution in [1.82, 2.24) is 4.90 Å². The van der Waals surface area contributed by atoms with Crippen LogP contribution in [0.1, 0.15) is 30.0 Å². The Balaban J connectivity index is 1.73. The van der Waals surface area contributed by atoms with E-state index in [1.54, 1.807) is 30.3 Å². The van der Waals surface area contributed by atoms with Crippen LogP contribution >= 0.6 is 0 Å². The Morgan fingerprint density at radius 3 is 2.55 bits per heavy atom. The van der Waals surface area contributed by atoms with Gasteiger partial charge < -0.3 is 19.5 Å². The molecular weight excluding hydrogens is 394 g/mol. The van der Waals surface area contributed by atoms with Crippen molar-refractivity contribution in [1.29, 1.82) is 0 Å². The molecule has 6 nitrogen and oxygen atoms in total. The van der Waals surface area contributed by atoms with Gasteiger partial charge in [-0.1, -0.05) is 43.0 Å². The van der Waals surface area contributed by atoms with Crippen LogP contribution in [0, 0.1) is 0 Å². The molecule has 6 heteroatoms. The van der Waals surface area contributed by atoms with Crippen LogP contribution in [0.2, 0.25) is 0 Å².